The zero-order chi connectivity index (χ0) is 20.0. The van der Waals surface area contributed by atoms with E-state index < -0.39 is 17.7 Å². The normalized spacial score (nSPS) is 10.8. The van der Waals surface area contributed by atoms with Crippen LogP contribution in [0.4, 0.5) is 23.4 Å². The van der Waals surface area contributed by atoms with Gasteiger partial charge in [0.25, 0.3) is 0 Å². The minimum atomic E-state index is -4.61. The van der Waals surface area contributed by atoms with E-state index in [1.165, 1.54) is 36.4 Å². The Morgan fingerprint density at radius 3 is 2.26 bits per heavy atom. The lowest BCUT2D eigenvalue weighted by atomic mass is 10.00. The van der Waals surface area contributed by atoms with Gasteiger partial charge in [-0.05, 0) is 29.8 Å². The smallest absolute Gasteiger partial charge is 0.309 e. The van der Waals surface area contributed by atoms with Gasteiger partial charge < -0.3 is 4.72 Å². The molecule has 0 aliphatic carbocycles. The molecule has 1 N–H and O–H groups in total. The molecule has 0 bridgehead atoms. The number of anilines is 1. The third kappa shape index (κ3) is 5.07. The summed E-state index contributed by atoms with van der Waals surface area (Å²) >= 11 is 0.922. The molecule has 0 fully saturated rings. The van der Waals surface area contributed by atoms with Gasteiger partial charge in [0.15, 0.2) is 0 Å². The summed E-state index contributed by atoms with van der Waals surface area (Å²) in [5, 5.41) is 0.301. The predicted octanol–water partition coefficient (Wildman–Crippen LogP) is 6.07. The van der Waals surface area contributed by atoms with Crippen molar-refractivity contribution in [1.29, 1.82) is 0 Å². The van der Waals surface area contributed by atoms with Crippen molar-refractivity contribution in [2.75, 3.05) is 4.72 Å². The number of alkyl halides is 3. The zero-order valence-corrected chi connectivity index (χ0v) is 14.9. The molecule has 0 amide bonds. The Hall–Kier alpha value is -2.87. The molecule has 0 spiro atoms. The highest BCUT2D eigenvalue weighted by molar-refractivity contribution is 8.00. The number of halogens is 4. The Labute approximate surface area is 158 Å². The number of hydrogen-bond donors (Lipinski definition) is 1. The number of pyridine rings is 2. The molecule has 0 aliphatic heterocycles. The summed E-state index contributed by atoms with van der Waals surface area (Å²) in [6.07, 6.45) is -0.601. The molecule has 0 saturated carbocycles. The van der Waals surface area contributed by atoms with Gasteiger partial charge in [-0.1, -0.05) is 44.0 Å². The zero-order valence-electron chi connectivity index (χ0n) is 14.1. The number of nitrogens with one attached hydrogen (secondary N) is 1. The van der Waals surface area contributed by atoms with Crippen LogP contribution >= 0.6 is 11.9 Å². The predicted molar refractivity (Wildman–Crippen MR) is 100 cm³/mol. The number of aromatic nitrogens is 2. The van der Waals surface area contributed by atoms with Gasteiger partial charge in [-0.25, -0.2) is 9.97 Å². The molecule has 0 radical (unpaired) electrons. The monoisotopic (exact) mass is 393 g/mol. The lowest BCUT2D eigenvalue weighted by Crippen LogP contribution is -2.11. The first-order chi connectivity index (χ1) is 12.8. The summed E-state index contributed by atoms with van der Waals surface area (Å²) in [4.78, 5) is 7.71. The van der Waals surface area contributed by atoms with Crippen molar-refractivity contribution in [1.82, 2.24) is 9.97 Å². The van der Waals surface area contributed by atoms with E-state index in [-0.39, 0.29) is 17.1 Å². The van der Waals surface area contributed by atoms with Crippen molar-refractivity contribution >= 4 is 23.3 Å². The van der Waals surface area contributed by atoms with Crippen LogP contribution in [0.1, 0.15) is 11.3 Å². The fourth-order valence-corrected chi connectivity index (χ4v) is 2.76. The largest absolute Gasteiger partial charge is 0.418 e. The number of nitrogens with zero attached hydrogens (tertiary/aromatic N) is 2. The number of rotatable bonds is 7. The first-order valence-electron chi connectivity index (χ1n) is 7.55. The lowest BCUT2D eigenvalue weighted by Gasteiger charge is -2.16. The van der Waals surface area contributed by atoms with Crippen LogP contribution in [0.5, 0.6) is 0 Å². The van der Waals surface area contributed by atoms with Gasteiger partial charge in [-0.3, -0.25) is 0 Å². The highest BCUT2D eigenvalue weighted by Crippen LogP contribution is 2.36. The van der Waals surface area contributed by atoms with E-state index in [0.717, 1.165) is 18.0 Å². The molecule has 3 nitrogen and oxygen atoms in total. The SMILES string of the molecule is C=CC(C=C)=C(C=C)c1nc(NSc2cccc(F)n2)ccc1C(F)(F)F. The van der Waals surface area contributed by atoms with E-state index >= 15 is 0 Å². The fourth-order valence-electron chi connectivity index (χ4n) is 2.16. The van der Waals surface area contributed by atoms with Crippen LogP contribution < -0.4 is 4.72 Å². The van der Waals surface area contributed by atoms with Crippen molar-refractivity contribution in [2.45, 2.75) is 11.2 Å². The molecule has 0 atom stereocenters. The molecule has 140 valence electrons. The molecular weight excluding hydrogens is 378 g/mol. The summed E-state index contributed by atoms with van der Waals surface area (Å²) in [6, 6.07) is 6.30. The highest BCUT2D eigenvalue weighted by atomic mass is 32.2. The lowest BCUT2D eigenvalue weighted by molar-refractivity contribution is -0.138. The van der Waals surface area contributed by atoms with Gasteiger partial charge in [0.2, 0.25) is 5.95 Å². The summed E-state index contributed by atoms with van der Waals surface area (Å²) < 4.78 is 56.1. The fraction of sp³-hybridized carbons (Fsp3) is 0.0526. The third-order valence-corrected chi connectivity index (χ3v) is 4.11. The molecule has 2 rings (SSSR count). The average Bonchev–Trinajstić information content (AvgIpc) is 2.63. The average molecular weight is 393 g/mol. The summed E-state index contributed by atoms with van der Waals surface area (Å²) in [5.74, 6) is -0.526. The number of hydrogen-bond acceptors (Lipinski definition) is 4. The van der Waals surface area contributed by atoms with E-state index in [2.05, 4.69) is 34.4 Å². The molecule has 2 aromatic rings. The maximum atomic E-state index is 13.4. The molecule has 0 aromatic carbocycles. The van der Waals surface area contributed by atoms with Crippen LogP contribution in [0.3, 0.4) is 0 Å². The standard InChI is InChI=1S/C19H15F4N3S/c1-4-12(5-2)13(6-3)18-14(19(21,22)23)10-11-16(25-18)26-27-17-9-7-8-15(20)24-17/h4-11H,1-3H2,(H,25,26). The van der Waals surface area contributed by atoms with Crippen LogP contribution in [0.15, 0.2) is 78.9 Å². The molecule has 0 saturated heterocycles. The molecular formula is C19H15F4N3S. The third-order valence-electron chi connectivity index (χ3n) is 3.36. The summed E-state index contributed by atoms with van der Waals surface area (Å²) in [7, 11) is 0. The summed E-state index contributed by atoms with van der Waals surface area (Å²) in [5.41, 5.74) is -0.729. The Bertz CT molecular complexity index is 894. The second-order valence-electron chi connectivity index (χ2n) is 5.07. The van der Waals surface area contributed by atoms with Crippen molar-refractivity contribution in [3.8, 4) is 0 Å². The van der Waals surface area contributed by atoms with Crippen LogP contribution in [0, 0.1) is 5.95 Å². The minimum absolute atomic E-state index is 0.140. The van der Waals surface area contributed by atoms with Crippen LogP contribution in [-0.2, 0) is 6.18 Å². The topological polar surface area (TPSA) is 37.8 Å². The van der Waals surface area contributed by atoms with Crippen LogP contribution in [0.25, 0.3) is 5.57 Å². The van der Waals surface area contributed by atoms with Crippen molar-refractivity contribution in [3.05, 3.63) is 91.1 Å². The van der Waals surface area contributed by atoms with Gasteiger partial charge in [0.05, 0.1) is 11.3 Å². The molecule has 8 heteroatoms. The maximum absolute atomic E-state index is 13.4. The molecule has 2 aromatic heterocycles. The Morgan fingerprint density at radius 2 is 1.70 bits per heavy atom. The Balaban J connectivity index is 2.48. The quantitative estimate of drug-likeness (QED) is 0.268. The van der Waals surface area contributed by atoms with Gasteiger partial charge in [0.1, 0.15) is 10.8 Å². The second-order valence-corrected chi connectivity index (χ2v) is 5.90. The van der Waals surface area contributed by atoms with E-state index in [1.54, 1.807) is 6.07 Å². The van der Waals surface area contributed by atoms with Gasteiger partial charge >= 0.3 is 6.18 Å². The highest BCUT2D eigenvalue weighted by Gasteiger charge is 2.35. The molecule has 27 heavy (non-hydrogen) atoms. The summed E-state index contributed by atoms with van der Waals surface area (Å²) in [6.45, 7) is 10.7. The molecule has 0 aliphatic rings. The molecule has 2 heterocycles. The first kappa shape index (κ1) is 20.4. The Kier molecular flexibility index (Phi) is 6.57. The molecule has 0 unspecified atom stereocenters. The maximum Gasteiger partial charge on any atom is 0.418 e. The van der Waals surface area contributed by atoms with Gasteiger partial charge in [0, 0.05) is 17.5 Å². The second kappa shape index (κ2) is 8.68. The minimum Gasteiger partial charge on any atom is -0.309 e. The Morgan fingerprint density at radius 1 is 1.00 bits per heavy atom. The van der Waals surface area contributed by atoms with E-state index in [4.69, 9.17) is 0 Å². The van der Waals surface area contributed by atoms with Gasteiger partial charge in [-0.15, -0.1) is 0 Å². The van der Waals surface area contributed by atoms with Crippen molar-refractivity contribution < 1.29 is 17.6 Å². The number of allylic oxidation sites excluding steroid dienone is 5. The van der Waals surface area contributed by atoms with Gasteiger partial charge in [-0.2, -0.15) is 17.6 Å². The van der Waals surface area contributed by atoms with E-state index in [1.807, 2.05) is 0 Å². The van der Waals surface area contributed by atoms with Crippen LogP contribution in [-0.4, -0.2) is 9.97 Å². The van der Waals surface area contributed by atoms with Crippen molar-refractivity contribution in [2.24, 2.45) is 0 Å². The first-order valence-corrected chi connectivity index (χ1v) is 8.37. The van der Waals surface area contributed by atoms with Crippen molar-refractivity contribution in [3.63, 3.8) is 0 Å². The van der Waals surface area contributed by atoms with E-state index in [0.29, 0.717) is 10.6 Å². The van der Waals surface area contributed by atoms with E-state index in [9.17, 15) is 17.6 Å². The van der Waals surface area contributed by atoms with Crippen LogP contribution in [0.2, 0.25) is 0 Å².